The molecule has 6 heteroatoms. The fourth-order valence-electron chi connectivity index (χ4n) is 2.39. The summed E-state index contributed by atoms with van der Waals surface area (Å²) in [6, 6.07) is 12.6. The lowest BCUT2D eigenvalue weighted by Crippen LogP contribution is -2.38. The van der Waals surface area contributed by atoms with Crippen molar-refractivity contribution in [3.8, 4) is 0 Å². The smallest absolute Gasteiger partial charge is 0.315 e. The molecular weight excluding hydrogens is 321 g/mol. The van der Waals surface area contributed by atoms with Gasteiger partial charge in [-0.05, 0) is 61.7 Å². The molecule has 0 aromatic heterocycles. The van der Waals surface area contributed by atoms with Gasteiger partial charge in [-0.15, -0.1) is 0 Å². The molecule has 0 saturated heterocycles. The second kappa shape index (κ2) is 7.34. The van der Waals surface area contributed by atoms with Crippen LogP contribution in [0.25, 0.3) is 0 Å². The van der Waals surface area contributed by atoms with E-state index in [0.717, 1.165) is 18.4 Å². The van der Waals surface area contributed by atoms with Crippen molar-refractivity contribution in [2.75, 3.05) is 5.32 Å². The lowest BCUT2D eigenvalue weighted by Gasteiger charge is -2.15. The summed E-state index contributed by atoms with van der Waals surface area (Å²) in [7, 11) is 0. The van der Waals surface area contributed by atoms with Gasteiger partial charge in [0, 0.05) is 17.3 Å². The molecule has 2 aromatic rings. The Bertz CT molecular complexity index is 755. The van der Waals surface area contributed by atoms with E-state index in [2.05, 4.69) is 16.0 Å². The van der Waals surface area contributed by atoms with Gasteiger partial charge in [-0.3, -0.25) is 4.79 Å². The van der Waals surface area contributed by atoms with Gasteiger partial charge in [0.2, 0.25) is 0 Å². The minimum absolute atomic E-state index is 0.138. The number of carbonyl (C=O) groups excluding carboxylic acids is 2. The first-order valence-corrected chi connectivity index (χ1v) is 8.25. The average Bonchev–Trinajstić information content (AvgIpc) is 3.39. The van der Waals surface area contributed by atoms with Gasteiger partial charge in [0.05, 0.1) is 6.04 Å². The number of anilines is 1. The molecule has 3 amide bonds. The van der Waals surface area contributed by atoms with E-state index in [1.165, 1.54) is 24.3 Å². The molecule has 1 aliphatic rings. The maximum atomic E-state index is 12.9. The zero-order valence-electron chi connectivity index (χ0n) is 13.9. The predicted octanol–water partition coefficient (Wildman–Crippen LogP) is 3.60. The standard InChI is InChI=1S/C19H20FN3O2/c1-12(21-19(25)23-17-10-11-17)13-4-8-16(9-5-13)22-18(24)14-2-6-15(20)7-3-14/h2-9,12,17H,10-11H2,1H3,(H,22,24)(H2,21,23,25). The van der Waals surface area contributed by atoms with Crippen molar-refractivity contribution in [1.29, 1.82) is 0 Å². The third kappa shape index (κ3) is 4.79. The summed E-state index contributed by atoms with van der Waals surface area (Å²) >= 11 is 0. The van der Waals surface area contributed by atoms with E-state index in [-0.39, 0.29) is 23.8 Å². The Kier molecular flexibility index (Phi) is 4.97. The molecule has 1 aliphatic carbocycles. The molecule has 0 spiro atoms. The van der Waals surface area contributed by atoms with Crippen LogP contribution in [0.1, 0.15) is 41.7 Å². The van der Waals surface area contributed by atoms with Crippen LogP contribution in [-0.2, 0) is 0 Å². The van der Waals surface area contributed by atoms with Crippen LogP contribution in [0.15, 0.2) is 48.5 Å². The van der Waals surface area contributed by atoms with Crippen molar-refractivity contribution < 1.29 is 14.0 Å². The fourth-order valence-corrected chi connectivity index (χ4v) is 2.39. The number of nitrogens with one attached hydrogen (secondary N) is 3. The van der Waals surface area contributed by atoms with E-state index in [1.807, 2.05) is 19.1 Å². The molecule has 25 heavy (non-hydrogen) atoms. The molecule has 1 unspecified atom stereocenters. The number of rotatable bonds is 5. The highest BCUT2D eigenvalue weighted by Crippen LogP contribution is 2.20. The van der Waals surface area contributed by atoms with Crippen molar-refractivity contribution in [1.82, 2.24) is 10.6 Å². The number of amides is 3. The molecule has 0 aliphatic heterocycles. The SMILES string of the molecule is CC(NC(=O)NC1CC1)c1ccc(NC(=O)c2ccc(F)cc2)cc1. The van der Waals surface area contributed by atoms with Crippen LogP contribution in [0.3, 0.4) is 0 Å². The largest absolute Gasteiger partial charge is 0.335 e. The zero-order chi connectivity index (χ0) is 17.8. The number of urea groups is 1. The van der Waals surface area contributed by atoms with E-state index in [0.29, 0.717) is 17.3 Å². The summed E-state index contributed by atoms with van der Waals surface area (Å²) in [4.78, 5) is 23.9. The van der Waals surface area contributed by atoms with Gasteiger partial charge in [-0.25, -0.2) is 9.18 Å². The monoisotopic (exact) mass is 341 g/mol. The third-order valence-corrected chi connectivity index (χ3v) is 4.04. The molecule has 1 saturated carbocycles. The summed E-state index contributed by atoms with van der Waals surface area (Å²) < 4.78 is 12.9. The molecule has 3 N–H and O–H groups in total. The summed E-state index contributed by atoms with van der Waals surface area (Å²) in [5, 5.41) is 8.52. The van der Waals surface area contributed by atoms with Crippen molar-refractivity contribution in [2.45, 2.75) is 31.8 Å². The van der Waals surface area contributed by atoms with E-state index in [4.69, 9.17) is 0 Å². The van der Waals surface area contributed by atoms with Crippen molar-refractivity contribution in [3.05, 3.63) is 65.5 Å². The van der Waals surface area contributed by atoms with E-state index >= 15 is 0 Å². The van der Waals surface area contributed by atoms with Crippen LogP contribution in [0.4, 0.5) is 14.9 Å². The Morgan fingerprint density at radius 3 is 2.28 bits per heavy atom. The Morgan fingerprint density at radius 1 is 1.04 bits per heavy atom. The highest BCUT2D eigenvalue weighted by Gasteiger charge is 2.23. The number of benzene rings is 2. The van der Waals surface area contributed by atoms with Gasteiger partial charge >= 0.3 is 6.03 Å². The van der Waals surface area contributed by atoms with Gasteiger partial charge in [-0.2, -0.15) is 0 Å². The molecular formula is C19H20FN3O2. The highest BCUT2D eigenvalue weighted by atomic mass is 19.1. The van der Waals surface area contributed by atoms with Gasteiger partial charge in [0.25, 0.3) is 5.91 Å². The maximum Gasteiger partial charge on any atom is 0.315 e. The van der Waals surface area contributed by atoms with Crippen molar-refractivity contribution in [3.63, 3.8) is 0 Å². The Labute approximate surface area is 145 Å². The van der Waals surface area contributed by atoms with Crippen LogP contribution in [0.5, 0.6) is 0 Å². The van der Waals surface area contributed by atoms with E-state index < -0.39 is 0 Å². The number of halogens is 1. The molecule has 0 bridgehead atoms. The molecule has 1 atom stereocenters. The topological polar surface area (TPSA) is 70.2 Å². The molecule has 130 valence electrons. The third-order valence-electron chi connectivity index (χ3n) is 4.04. The van der Waals surface area contributed by atoms with Crippen LogP contribution < -0.4 is 16.0 Å². The Hall–Kier alpha value is -2.89. The van der Waals surface area contributed by atoms with Gasteiger partial charge in [-0.1, -0.05) is 12.1 Å². The first-order chi connectivity index (χ1) is 12.0. The predicted molar refractivity (Wildman–Crippen MR) is 93.9 cm³/mol. The van der Waals surface area contributed by atoms with Crippen LogP contribution >= 0.6 is 0 Å². The molecule has 1 fully saturated rings. The second-order valence-corrected chi connectivity index (χ2v) is 6.20. The molecule has 0 radical (unpaired) electrons. The zero-order valence-corrected chi connectivity index (χ0v) is 13.9. The van der Waals surface area contributed by atoms with Crippen molar-refractivity contribution >= 4 is 17.6 Å². The summed E-state index contributed by atoms with van der Waals surface area (Å²) in [5.41, 5.74) is 1.95. The summed E-state index contributed by atoms with van der Waals surface area (Å²) in [6.07, 6.45) is 2.09. The van der Waals surface area contributed by atoms with E-state index in [1.54, 1.807) is 12.1 Å². The van der Waals surface area contributed by atoms with Gasteiger partial charge in [0.15, 0.2) is 0 Å². The van der Waals surface area contributed by atoms with E-state index in [9.17, 15) is 14.0 Å². The Morgan fingerprint density at radius 2 is 1.68 bits per heavy atom. The molecule has 2 aromatic carbocycles. The van der Waals surface area contributed by atoms with Gasteiger partial charge in [0.1, 0.15) is 5.82 Å². The number of carbonyl (C=O) groups is 2. The molecule has 3 rings (SSSR count). The normalized spacial score (nSPS) is 14.5. The summed E-state index contributed by atoms with van der Waals surface area (Å²) in [6.45, 7) is 1.90. The van der Waals surface area contributed by atoms with Crippen molar-refractivity contribution in [2.24, 2.45) is 0 Å². The summed E-state index contributed by atoms with van der Waals surface area (Å²) in [5.74, 6) is -0.684. The minimum atomic E-state index is -0.381. The first-order valence-electron chi connectivity index (χ1n) is 8.25. The molecule has 0 heterocycles. The number of hydrogen-bond acceptors (Lipinski definition) is 2. The highest BCUT2D eigenvalue weighted by molar-refractivity contribution is 6.04. The lowest BCUT2D eigenvalue weighted by molar-refractivity contribution is 0.102. The van der Waals surface area contributed by atoms with Crippen LogP contribution in [0, 0.1) is 5.82 Å². The maximum absolute atomic E-state index is 12.9. The quantitative estimate of drug-likeness (QED) is 0.778. The van der Waals surface area contributed by atoms with Crippen LogP contribution in [0.2, 0.25) is 0 Å². The minimum Gasteiger partial charge on any atom is -0.335 e. The average molecular weight is 341 g/mol. The fraction of sp³-hybridized carbons (Fsp3) is 0.263. The molecule has 5 nitrogen and oxygen atoms in total. The lowest BCUT2D eigenvalue weighted by atomic mass is 10.1. The first kappa shape index (κ1) is 17.0. The number of hydrogen-bond donors (Lipinski definition) is 3. The van der Waals surface area contributed by atoms with Crippen LogP contribution in [-0.4, -0.2) is 18.0 Å². The van der Waals surface area contributed by atoms with Gasteiger partial charge < -0.3 is 16.0 Å². The second-order valence-electron chi connectivity index (χ2n) is 6.20. The Balaban J connectivity index is 1.56.